The second kappa shape index (κ2) is 43.3. The maximum absolute atomic E-state index is 11.9. The molecule has 0 bridgehead atoms. The second-order valence-electron chi connectivity index (χ2n) is 21.8. The van der Waals surface area contributed by atoms with Crippen molar-refractivity contribution in [3.05, 3.63) is 359 Å². The first-order valence-electron chi connectivity index (χ1n) is 31.3. The molecule has 0 aromatic heterocycles. The summed E-state index contributed by atoms with van der Waals surface area (Å²) in [7, 11) is 0. The van der Waals surface area contributed by atoms with Crippen LogP contribution in [0.1, 0.15) is 91.9 Å². The van der Waals surface area contributed by atoms with Gasteiger partial charge in [0.1, 0.15) is 13.2 Å². The van der Waals surface area contributed by atoms with Crippen LogP contribution in [0.15, 0.2) is 303 Å². The summed E-state index contributed by atoms with van der Waals surface area (Å²) >= 11 is 0. The highest BCUT2D eigenvalue weighted by Gasteiger charge is 2.16. The van der Waals surface area contributed by atoms with Crippen LogP contribution in [0.5, 0.6) is 0 Å². The largest absolute Gasteiger partial charge is 0.465 e. The third kappa shape index (κ3) is 30.6. The maximum Gasteiger partial charge on any atom is 0.338 e. The van der Waals surface area contributed by atoms with E-state index in [2.05, 4.69) is 31.2 Å². The lowest BCUT2D eigenvalue weighted by Crippen LogP contribution is -2.16. The fourth-order valence-electron chi connectivity index (χ4n) is 9.06. The van der Waals surface area contributed by atoms with Crippen molar-refractivity contribution < 1.29 is 47.7 Å². The summed E-state index contributed by atoms with van der Waals surface area (Å²) in [6.45, 7) is 6.04. The summed E-state index contributed by atoms with van der Waals surface area (Å²) in [5.74, 6) is -0.766. The maximum atomic E-state index is 11.9. The van der Waals surface area contributed by atoms with Crippen LogP contribution in [0.4, 0.5) is 0 Å². The van der Waals surface area contributed by atoms with Crippen LogP contribution in [-0.2, 0) is 89.8 Å². The molecule has 472 valence electrons. The first-order chi connectivity index (χ1) is 45.1. The molecule has 10 aromatic carbocycles. The van der Waals surface area contributed by atoms with Crippen LogP contribution in [0.2, 0.25) is 0 Å². The number of hydrogen-bond donors (Lipinski definition) is 0. The lowest BCUT2D eigenvalue weighted by atomic mass is 10.0. The van der Waals surface area contributed by atoms with E-state index in [9.17, 15) is 24.0 Å². The Hall–Kier alpha value is -10.5. The van der Waals surface area contributed by atoms with Gasteiger partial charge in [-0.3, -0.25) is 14.4 Å². The molecule has 10 aromatic rings. The van der Waals surface area contributed by atoms with Crippen molar-refractivity contribution in [1.29, 1.82) is 0 Å². The van der Waals surface area contributed by atoms with Crippen molar-refractivity contribution in [2.24, 2.45) is 11.8 Å². The van der Waals surface area contributed by atoms with Gasteiger partial charge in [0.15, 0.2) is 0 Å². The van der Waals surface area contributed by atoms with E-state index in [4.69, 9.17) is 23.7 Å². The molecule has 2 unspecified atom stereocenters. The van der Waals surface area contributed by atoms with Crippen LogP contribution in [-0.4, -0.2) is 49.7 Å². The molecule has 2 atom stereocenters. The number of esters is 5. The zero-order chi connectivity index (χ0) is 64.9. The van der Waals surface area contributed by atoms with Crippen molar-refractivity contribution in [1.82, 2.24) is 0 Å². The summed E-state index contributed by atoms with van der Waals surface area (Å²) in [6, 6.07) is 97.7. The molecule has 10 nitrogen and oxygen atoms in total. The minimum atomic E-state index is -0.250. The summed E-state index contributed by atoms with van der Waals surface area (Å²) in [4.78, 5) is 58.5. The van der Waals surface area contributed by atoms with E-state index in [1.54, 1.807) is 24.3 Å². The average molecular weight is 1230 g/mol. The van der Waals surface area contributed by atoms with Crippen LogP contribution >= 0.6 is 0 Å². The molecule has 0 spiro atoms. The van der Waals surface area contributed by atoms with Crippen molar-refractivity contribution in [2.75, 3.05) is 19.8 Å². The first kappa shape index (κ1) is 70.6. The summed E-state index contributed by atoms with van der Waals surface area (Å²) in [5, 5.41) is 0. The molecule has 0 fully saturated rings. The Labute approximate surface area is 543 Å². The van der Waals surface area contributed by atoms with E-state index in [1.165, 1.54) is 16.7 Å². The van der Waals surface area contributed by atoms with E-state index in [-0.39, 0.29) is 35.8 Å². The van der Waals surface area contributed by atoms with Crippen molar-refractivity contribution >= 4 is 29.8 Å². The number of benzene rings is 10. The normalized spacial score (nSPS) is 10.8. The van der Waals surface area contributed by atoms with Crippen molar-refractivity contribution in [3.63, 3.8) is 0 Å². The first-order valence-corrected chi connectivity index (χ1v) is 31.3. The summed E-state index contributed by atoms with van der Waals surface area (Å²) in [6.07, 6.45) is 5.69. The van der Waals surface area contributed by atoms with Crippen LogP contribution in [0, 0.1) is 11.8 Å². The van der Waals surface area contributed by atoms with Gasteiger partial charge in [0.05, 0.1) is 43.3 Å². The summed E-state index contributed by atoms with van der Waals surface area (Å²) in [5.41, 5.74) is 10.3. The van der Waals surface area contributed by atoms with Gasteiger partial charge in [-0.25, -0.2) is 9.59 Å². The van der Waals surface area contributed by atoms with Gasteiger partial charge < -0.3 is 23.7 Å². The highest BCUT2D eigenvalue weighted by Crippen LogP contribution is 2.14. The SMILES string of the molecule is CC(COC(=O)c1ccccc1)Cc1ccccc1.CC(Cc1ccccc1)C(=O)OCc1ccccc1.O=C(CCc1ccccc1)OCc1ccccc1.O=C(Cc1ccccc1)OCCc1ccccc1.O=C(OCCCc1ccccc1)c1ccccc1. The Morgan fingerprint density at radius 2 is 0.652 bits per heavy atom. The van der Waals surface area contributed by atoms with Gasteiger partial charge in [0, 0.05) is 12.8 Å². The molecule has 0 aliphatic rings. The molecule has 10 heteroatoms. The number of rotatable bonds is 25. The molecule has 0 amide bonds. The van der Waals surface area contributed by atoms with E-state index < -0.39 is 0 Å². The summed E-state index contributed by atoms with van der Waals surface area (Å²) < 4.78 is 26.3. The molecule has 10 rings (SSSR count). The number of hydrogen-bond acceptors (Lipinski definition) is 10. The third-order valence-electron chi connectivity index (χ3n) is 14.0. The molecular weight excluding hydrogens is 1140 g/mol. The van der Waals surface area contributed by atoms with Crippen molar-refractivity contribution in [2.45, 2.75) is 78.4 Å². The smallest absolute Gasteiger partial charge is 0.338 e. The minimum Gasteiger partial charge on any atom is -0.465 e. The van der Waals surface area contributed by atoms with E-state index in [0.29, 0.717) is 69.3 Å². The highest BCUT2D eigenvalue weighted by molar-refractivity contribution is 5.89. The molecule has 0 radical (unpaired) electrons. The molecule has 92 heavy (non-hydrogen) atoms. The van der Waals surface area contributed by atoms with Gasteiger partial charge in [-0.1, -0.05) is 293 Å². The second-order valence-corrected chi connectivity index (χ2v) is 21.8. The van der Waals surface area contributed by atoms with E-state index >= 15 is 0 Å². The van der Waals surface area contributed by atoms with Gasteiger partial charge in [-0.15, -0.1) is 0 Å². The molecule has 0 aliphatic heterocycles. The minimum absolute atomic E-state index is 0.119. The molecule has 0 saturated heterocycles. The van der Waals surface area contributed by atoms with Gasteiger partial charge in [-0.05, 0) is 107 Å². The number of carbonyl (C=O) groups is 5. The van der Waals surface area contributed by atoms with Gasteiger partial charge in [-0.2, -0.15) is 0 Å². The molecule has 0 aliphatic carbocycles. The predicted octanol–water partition coefficient (Wildman–Crippen LogP) is 17.2. The lowest BCUT2D eigenvalue weighted by Gasteiger charge is -2.12. The quantitative estimate of drug-likeness (QED) is 0.0309. The Kier molecular flexibility index (Phi) is 33.2. The van der Waals surface area contributed by atoms with Crippen LogP contribution < -0.4 is 0 Å². The van der Waals surface area contributed by atoms with Gasteiger partial charge in [0.2, 0.25) is 0 Å². The Morgan fingerprint density at radius 1 is 0.304 bits per heavy atom. The molecule has 0 N–H and O–H groups in total. The third-order valence-corrected chi connectivity index (χ3v) is 14.0. The number of aryl methyl sites for hydroxylation is 2. The zero-order valence-electron chi connectivity index (χ0n) is 52.8. The van der Waals surface area contributed by atoms with Gasteiger partial charge >= 0.3 is 29.8 Å². The Balaban J connectivity index is 0.000000183. The number of ether oxygens (including phenoxy) is 5. The zero-order valence-corrected chi connectivity index (χ0v) is 52.8. The fourth-order valence-corrected chi connectivity index (χ4v) is 9.06. The predicted molar refractivity (Wildman–Crippen MR) is 365 cm³/mol. The fraction of sp³-hybridized carbons (Fsp3) is 0.207. The van der Waals surface area contributed by atoms with Crippen molar-refractivity contribution in [3.8, 4) is 0 Å². The molecule has 0 saturated carbocycles. The van der Waals surface area contributed by atoms with E-state index in [0.717, 1.165) is 59.9 Å². The standard InChI is InChI=1S/2C17H18O2.3C16H16O2/c1-14(12-15-8-4-2-5-9-15)17(18)19-13-16-10-6-3-7-11-16;1-14(12-15-8-4-2-5-9-15)13-19-17(18)16-10-6-3-7-11-16;17-16(15-11-5-2-6-12-15)18-13-7-10-14-8-3-1-4-9-14;17-16(13-15-9-5-2-6-10-15)18-12-11-14-7-3-1-4-8-14;17-16(12-11-14-7-3-1-4-8-14)18-13-15-9-5-2-6-10-15/h2*2-11,14H,12-13H2,1H3;1-6,8-9,11-12H,7,10,13H2;2*1-10H,11-13H2. The Bertz CT molecular complexity index is 3520. The average Bonchev–Trinajstić information content (AvgIpc) is 3.82. The number of carbonyl (C=O) groups excluding carboxylic acids is 5. The van der Waals surface area contributed by atoms with E-state index in [1.807, 2.05) is 262 Å². The molecular formula is C82H84O10. The van der Waals surface area contributed by atoms with Crippen LogP contribution in [0.25, 0.3) is 0 Å². The topological polar surface area (TPSA) is 132 Å². The van der Waals surface area contributed by atoms with Gasteiger partial charge in [0.25, 0.3) is 0 Å². The molecule has 0 heterocycles. The van der Waals surface area contributed by atoms with Crippen LogP contribution in [0.3, 0.4) is 0 Å². The highest BCUT2D eigenvalue weighted by atomic mass is 16.5. The lowest BCUT2D eigenvalue weighted by molar-refractivity contribution is -0.149. The Morgan fingerprint density at radius 3 is 1.10 bits per heavy atom. The monoisotopic (exact) mass is 1230 g/mol.